The van der Waals surface area contributed by atoms with Crippen molar-refractivity contribution in [1.82, 2.24) is 19.6 Å². The summed E-state index contributed by atoms with van der Waals surface area (Å²) in [6.45, 7) is 4.78. The molecule has 1 atom stereocenters. The van der Waals surface area contributed by atoms with Crippen molar-refractivity contribution in [3.8, 4) is 11.5 Å². The molecule has 1 aliphatic rings. The number of para-hydroxylation sites is 2. The summed E-state index contributed by atoms with van der Waals surface area (Å²) >= 11 is 0. The molecule has 1 unspecified atom stereocenters. The largest absolute Gasteiger partial charge is 0.490 e. The van der Waals surface area contributed by atoms with Crippen molar-refractivity contribution in [3.05, 3.63) is 48.3 Å². The Morgan fingerprint density at radius 3 is 2.61 bits per heavy atom. The highest BCUT2D eigenvalue weighted by atomic mass is 32.2. The number of carbonyl (C=O) groups is 1. The first-order valence-corrected chi connectivity index (χ1v) is 12.3. The van der Waals surface area contributed by atoms with Gasteiger partial charge in [-0.3, -0.25) is 4.79 Å². The molecule has 1 aliphatic heterocycles. The molecular formula is C23H28N4O5S. The molecule has 0 aliphatic carbocycles. The molecule has 0 spiro atoms. The maximum absolute atomic E-state index is 13.2. The van der Waals surface area contributed by atoms with Gasteiger partial charge < -0.3 is 19.4 Å². The summed E-state index contributed by atoms with van der Waals surface area (Å²) in [5.41, 5.74) is 1.69. The highest BCUT2D eigenvalue weighted by Gasteiger charge is 2.31. The molecule has 2 heterocycles. The number of carbonyl (C=O) groups excluding carboxylic acids is 1. The number of hydrogen-bond acceptors (Lipinski definition) is 6. The summed E-state index contributed by atoms with van der Waals surface area (Å²) in [6.07, 6.45) is 0.719. The van der Waals surface area contributed by atoms with Gasteiger partial charge in [0.25, 0.3) is 0 Å². The van der Waals surface area contributed by atoms with Crippen LogP contribution >= 0.6 is 0 Å². The fraction of sp³-hybridized carbons (Fsp3) is 0.391. The number of imidazole rings is 1. The Morgan fingerprint density at radius 2 is 1.88 bits per heavy atom. The molecule has 9 nitrogen and oxygen atoms in total. The van der Waals surface area contributed by atoms with E-state index >= 15 is 0 Å². The summed E-state index contributed by atoms with van der Waals surface area (Å²) < 4.78 is 40.0. The monoisotopic (exact) mass is 472 g/mol. The van der Waals surface area contributed by atoms with Gasteiger partial charge in [0, 0.05) is 19.5 Å². The molecule has 4 rings (SSSR count). The van der Waals surface area contributed by atoms with Crippen LogP contribution in [-0.4, -0.2) is 55.5 Å². The van der Waals surface area contributed by atoms with E-state index in [2.05, 4.69) is 14.7 Å². The van der Waals surface area contributed by atoms with Crippen molar-refractivity contribution in [2.75, 3.05) is 20.3 Å². The predicted octanol–water partition coefficient (Wildman–Crippen LogP) is 2.69. The maximum Gasteiger partial charge on any atom is 0.241 e. The van der Waals surface area contributed by atoms with Crippen LogP contribution in [0.1, 0.15) is 26.1 Å². The summed E-state index contributed by atoms with van der Waals surface area (Å²) in [4.78, 5) is 22.4. The van der Waals surface area contributed by atoms with Gasteiger partial charge in [-0.1, -0.05) is 26.0 Å². The summed E-state index contributed by atoms with van der Waals surface area (Å²) in [6, 6.07) is 11.1. The number of ether oxygens (including phenoxy) is 2. The lowest BCUT2D eigenvalue weighted by molar-refractivity contribution is -0.133. The van der Waals surface area contributed by atoms with E-state index < -0.39 is 16.1 Å². The van der Waals surface area contributed by atoms with Gasteiger partial charge in [0.05, 0.1) is 35.7 Å². The highest BCUT2D eigenvalue weighted by molar-refractivity contribution is 7.89. The summed E-state index contributed by atoms with van der Waals surface area (Å²) in [5, 5.41) is 0. The lowest BCUT2D eigenvalue weighted by Gasteiger charge is -2.26. The molecule has 2 N–H and O–H groups in total. The summed E-state index contributed by atoms with van der Waals surface area (Å²) in [5.74, 6) is 0.896. The number of fused-ring (bicyclic) bond motifs is 2. The normalized spacial score (nSPS) is 14.8. The molecule has 0 radical (unpaired) electrons. The van der Waals surface area contributed by atoms with Crippen LogP contribution in [0.15, 0.2) is 47.4 Å². The van der Waals surface area contributed by atoms with E-state index in [0.717, 1.165) is 17.5 Å². The minimum Gasteiger partial charge on any atom is -0.490 e. The van der Waals surface area contributed by atoms with Crippen LogP contribution in [0.4, 0.5) is 0 Å². The number of nitrogens with one attached hydrogen (secondary N) is 2. The molecule has 33 heavy (non-hydrogen) atoms. The topological polar surface area (TPSA) is 114 Å². The van der Waals surface area contributed by atoms with E-state index in [0.29, 0.717) is 30.5 Å². The Hall–Kier alpha value is -3.11. The second-order valence-electron chi connectivity index (χ2n) is 8.40. The van der Waals surface area contributed by atoms with E-state index in [1.165, 1.54) is 17.0 Å². The number of sulfonamides is 1. The van der Waals surface area contributed by atoms with Crippen LogP contribution < -0.4 is 14.2 Å². The minimum atomic E-state index is -3.98. The van der Waals surface area contributed by atoms with Crippen molar-refractivity contribution >= 4 is 27.0 Å². The van der Waals surface area contributed by atoms with Gasteiger partial charge >= 0.3 is 0 Å². The number of likely N-dealkylation sites (N-methyl/N-ethyl adjacent to an activating group) is 1. The van der Waals surface area contributed by atoms with Crippen molar-refractivity contribution in [2.45, 2.75) is 37.8 Å². The molecule has 1 amide bonds. The van der Waals surface area contributed by atoms with Crippen molar-refractivity contribution in [3.63, 3.8) is 0 Å². The molecule has 176 valence electrons. The summed E-state index contributed by atoms with van der Waals surface area (Å²) in [7, 11) is -2.35. The average Bonchev–Trinajstić information content (AvgIpc) is 3.03. The highest BCUT2D eigenvalue weighted by Crippen LogP contribution is 2.32. The Morgan fingerprint density at radius 1 is 1.15 bits per heavy atom. The Balaban J connectivity index is 1.51. The second-order valence-corrected chi connectivity index (χ2v) is 10.1. The third kappa shape index (κ3) is 5.12. The Labute approximate surface area is 193 Å². The zero-order valence-electron chi connectivity index (χ0n) is 18.9. The molecule has 0 fully saturated rings. The van der Waals surface area contributed by atoms with E-state index in [1.54, 1.807) is 27.0 Å². The first kappa shape index (κ1) is 23.1. The van der Waals surface area contributed by atoms with Crippen molar-refractivity contribution < 1.29 is 22.7 Å². The molecule has 10 heteroatoms. The molecule has 1 aromatic heterocycles. The SMILES string of the molecule is CC(C)C(NS(=O)(=O)c1ccc2c(c1)OCCCO2)C(=O)N(C)Cc1nc2ccccc2[nH]1. The Bertz CT molecular complexity index is 1220. The fourth-order valence-electron chi connectivity index (χ4n) is 3.64. The standard InChI is InChI=1S/C23H28N4O5S/c1-15(2)22(23(28)27(3)14-21-24-17-7-4-5-8-18(17)25-21)26-33(29,30)16-9-10-19-20(13-16)32-12-6-11-31-19/h4-5,7-10,13,15,22,26H,6,11-12,14H2,1-3H3,(H,24,25). The molecule has 3 aromatic rings. The molecular weight excluding hydrogens is 444 g/mol. The molecule has 0 saturated carbocycles. The number of hydrogen-bond donors (Lipinski definition) is 2. The van der Waals surface area contributed by atoms with Gasteiger partial charge in [0.15, 0.2) is 11.5 Å². The smallest absolute Gasteiger partial charge is 0.241 e. The van der Waals surface area contributed by atoms with E-state index in [9.17, 15) is 13.2 Å². The zero-order valence-corrected chi connectivity index (χ0v) is 19.7. The number of aromatic amines is 1. The average molecular weight is 473 g/mol. The van der Waals surface area contributed by atoms with Crippen LogP contribution in [0.5, 0.6) is 11.5 Å². The van der Waals surface area contributed by atoms with Crippen molar-refractivity contribution in [2.24, 2.45) is 5.92 Å². The van der Waals surface area contributed by atoms with Crippen LogP contribution in [0.3, 0.4) is 0 Å². The van der Waals surface area contributed by atoms with Gasteiger partial charge in [-0.05, 0) is 30.2 Å². The molecule has 0 bridgehead atoms. The predicted molar refractivity (Wildman–Crippen MR) is 124 cm³/mol. The first-order chi connectivity index (χ1) is 15.7. The van der Waals surface area contributed by atoms with Crippen molar-refractivity contribution in [1.29, 1.82) is 0 Å². The van der Waals surface area contributed by atoms with Gasteiger partial charge in [-0.15, -0.1) is 0 Å². The third-order valence-corrected chi connectivity index (χ3v) is 6.88. The number of amides is 1. The number of H-pyrrole nitrogens is 1. The van der Waals surface area contributed by atoms with Crippen LogP contribution in [-0.2, 0) is 21.4 Å². The van der Waals surface area contributed by atoms with Gasteiger partial charge in [-0.25, -0.2) is 13.4 Å². The van der Waals surface area contributed by atoms with E-state index in [-0.39, 0.29) is 23.3 Å². The lowest BCUT2D eigenvalue weighted by Crippen LogP contribution is -2.49. The quantitative estimate of drug-likeness (QED) is 0.547. The zero-order chi connectivity index (χ0) is 23.6. The van der Waals surface area contributed by atoms with E-state index in [1.807, 2.05) is 24.3 Å². The fourth-order valence-corrected chi connectivity index (χ4v) is 4.99. The minimum absolute atomic E-state index is 0.0186. The van der Waals surface area contributed by atoms with Gasteiger partial charge in [0.1, 0.15) is 11.9 Å². The third-order valence-electron chi connectivity index (χ3n) is 5.45. The van der Waals surface area contributed by atoms with Gasteiger partial charge in [-0.2, -0.15) is 4.72 Å². The number of benzene rings is 2. The number of aromatic nitrogens is 2. The number of nitrogens with zero attached hydrogens (tertiary/aromatic N) is 2. The number of rotatable bonds is 7. The van der Waals surface area contributed by atoms with Crippen LogP contribution in [0, 0.1) is 5.92 Å². The second kappa shape index (κ2) is 9.40. The Kier molecular flexibility index (Phi) is 6.57. The lowest BCUT2D eigenvalue weighted by atomic mass is 10.0. The maximum atomic E-state index is 13.2. The van der Waals surface area contributed by atoms with Crippen LogP contribution in [0.25, 0.3) is 11.0 Å². The van der Waals surface area contributed by atoms with Crippen LogP contribution in [0.2, 0.25) is 0 Å². The molecule has 2 aromatic carbocycles. The van der Waals surface area contributed by atoms with Gasteiger partial charge in [0.2, 0.25) is 15.9 Å². The molecule has 0 saturated heterocycles. The van der Waals surface area contributed by atoms with E-state index in [4.69, 9.17) is 9.47 Å². The first-order valence-electron chi connectivity index (χ1n) is 10.8.